The third kappa shape index (κ3) is 2.54. The Hall–Kier alpha value is -2.21. The molecule has 0 aromatic carbocycles. The number of amides is 2. The summed E-state index contributed by atoms with van der Waals surface area (Å²) in [6.45, 7) is 2.75. The molecule has 3 heterocycles. The SMILES string of the molecule is CC1=C(Oc2cccnc2)C(=O)N(C2CCOCC2)C1=O. The van der Waals surface area contributed by atoms with Crippen LogP contribution in [0.3, 0.4) is 0 Å². The van der Waals surface area contributed by atoms with Crippen molar-refractivity contribution in [1.82, 2.24) is 9.88 Å². The molecule has 110 valence electrons. The molecule has 0 saturated carbocycles. The Bertz CT molecular complexity index is 591. The molecular formula is C15H16N2O4. The maximum Gasteiger partial charge on any atom is 0.297 e. The molecule has 6 heteroatoms. The van der Waals surface area contributed by atoms with E-state index in [9.17, 15) is 9.59 Å². The number of carbonyl (C=O) groups is 2. The van der Waals surface area contributed by atoms with Crippen LogP contribution in [0.15, 0.2) is 35.9 Å². The van der Waals surface area contributed by atoms with Gasteiger partial charge in [0.15, 0.2) is 0 Å². The van der Waals surface area contributed by atoms with Crippen molar-refractivity contribution < 1.29 is 19.1 Å². The molecule has 1 aromatic rings. The molecule has 6 nitrogen and oxygen atoms in total. The number of pyridine rings is 1. The molecule has 2 aliphatic rings. The van der Waals surface area contributed by atoms with Gasteiger partial charge in [0.05, 0.1) is 11.8 Å². The first-order valence-corrected chi connectivity index (χ1v) is 6.93. The highest BCUT2D eigenvalue weighted by molar-refractivity contribution is 6.18. The third-order valence-corrected chi connectivity index (χ3v) is 3.70. The molecule has 2 amide bonds. The zero-order valence-corrected chi connectivity index (χ0v) is 11.7. The predicted octanol–water partition coefficient (Wildman–Crippen LogP) is 1.28. The number of hydrogen-bond acceptors (Lipinski definition) is 5. The highest BCUT2D eigenvalue weighted by Gasteiger charge is 2.42. The fraction of sp³-hybridized carbons (Fsp3) is 0.400. The maximum absolute atomic E-state index is 12.5. The van der Waals surface area contributed by atoms with Crippen LogP contribution in [-0.2, 0) is 14.3 Å². The Labute approximate surface area is 122 Å². The van der Waals surface area contributed by atoms with Gasteiger partial charge in [-0.3, -0.25) is 19.5 Å². The van der Waals surface area contributed by atoms with Gasteiger partial charge in [0, 0.05) is 25.5 Å². The lowest BCUT2D eigenvalue weighted by atomic mass is 10.1. The third-order valence-electron chi connectivity index (χ3n) is 3.70. The topological polar surface area (TPSA) is 68.7 Å². The summed E-state index contributed by atoms with van der Waals surface area (Å²) in [6, 6.07) is 3.30. The number of ether oxygens (including phenoxy) is 2. The summed E-state index contributed by atoms with van der Waals surface area (Å²) in [6.07, 6.45) is 4.47. The lowest BCUT2D eigenvalue weighted by Crippen LogP contribution is -2.44. The van der Waals surface area contributed by atoms with Gasteiger partial charge in [0.2, 0.25) is 5.76 Å². The monoisotopic (exact) mass is 288 g/mol. The molecule has 0 N–H and O–H groups in total. The van der Waals surface area contributed by atoms with E-state index in [1.807, 2.05) is 0 Å². The van der Waals surface area contributed by atoms with E-state index in [1.54, 1.807) is 25.3 Å². The normalized spacial score (nSPS) is 20.3. The van der Waals surface area contributed by atoms with Crippen LogP contribution in [0.2, 0.25) is 0 Å². The maximum atomic E-state index is 12.5. The molecule has 0 unspecified atom stereocenters. The van der Waals surface area contributed by atoms with Gasteiger partial charge in [-0.1, -0.05) is 0 Å². The number of nitrogens with zero attached hydrogens (tertiary/aromatic N) is 2. The van der Waals surface area contributed by atoms with Gasteiger partial charge in [-0.05, 0) is 31.9 Å². The van der Waals surface area contributed by atoms with Crippen molar-refractivity contribution >= 4 is 11.8 Å². The second-order valence-corrected chi connectivity index (χ2v) is 5.07. The molecular weight excluding hydrogens is 272 g/mol. The van der Waals surface area contributed by atoms with Gasteiger partial charge < -0.3 is 9.47 Å². The van der Waals surface area contributed by atoms with E-state index < -0.39 is 0 Å². The number of hydrogen-bond donors (Lipinski definition) is 0. The Morgan fingerprint density at radius 1 is 1.29 bits per heavy atom. The molecule has 1 saturated heterocycles. The van der Waals surface area contributed by atoms with E-state index in [-0.39, 0.29) is 23.6 Å². The summed E-state index contributed by atoms with van der Waals surface area (Å²) in [5, 5.41) is 0. The Kier molecular flexibility index (Phi) is 3.70. The molecule has 2 aliphatic heterocycles. The van der Waals surface area contributed by atoms with E-state index in [0.717, 1.165) is 0 Å². The second-order valence-electron chi connectivity index (χ2n) is 5.07. The Morgan fingerprint density at radius 2 is 2.05 bits per heavy atom. The van der Waals surface area contributed by atoms with Crippen LogP contribution >= 0.6 is 0 Å². The zero-order chi connectivity index (χ0) is 14.8. The first-order valence-electron chi connectivity index (χ1n) is 6.93. The second kappa shape index (κ2) is 5.65. The fourth-order valence-electron chi connectivity index (χ4n) is 2.56. The summed E-state index contributed by atoms with van der Waals surface area (Å²) in [5.74, 6) is -0.0969. The van der Waals surface area contributed by atoms with Crippen LogP contribution in [-0.4, -0.2) is 41.0 Å². The predicted molar refractivity (Wildman–Crippen MR) is 73.3 cm³/mol. The summed E-state index contributed by atoms with van der Waals surface area (Å²) < 4.78 is 10.8. The average molecular weight is 288 g/mol. The van der Waals surface area contributed by atoms with Crippen molar-refractivity contribution in [3.8, 4) is 5.75 Å². The van der Waals surface area contributed by atoms with Crippen LogP contribution in [0.4, 0.5) is 0 Å². The van der Waals surface area contributed by atoms with Gasteiger partial charge in [0.1, 0.15) is 5.75 Å². The van der Waals surface area contributed by atoms with Crippen molar-refractivity contribution in [3.05, 3.63) is 35.9 Å². The minimum atomic E-state index is -0.367. The van der Waals surface area contributed by atoms with Crippen molar-refractivity contribution in [3.63, 3.8) is 0 Å². The molecule has 1 aromatic heterocycles. The fourth-order valence-corrected chi connectivity index (χ4v) is 2.56. The minimum Gasteiger partial charge on any atom is -0.449 e. The van der Waals surface area contributed by atoms with Crippen LogP contribution in [0.25, 0.3) is 0 Å². The minimum absolute atomic E-state index is 0.0968. The van der Waals surface area contributed by atoms with E-state index >= 15 is 0 Å². The van der Waals surface area contributed by atoms with Crippen LogP contribution in [0.5, 0.6) is 5.75 Å². The van der Waals surface area contributed by atoms with Gasteiger partial charge >= 0.3 is 0 Å². The largest absolute Gasteiger partial charge is 0.449 e. The van der Waals surface area contributed by atoms with Gasteiger partial charge in [-0.25, -0.2) is 0 Å². The van der Waals surface area contributed by atoms with Crippen molar-refractivity contribution in [2.45, 2.75) is 25.8 Å². The van der Waals surface area contributed by atoms with Crippen molar-refractivity contribution in [2.75, 3.05) is 13.2 Å². The Balaban J connectivity index is 1.81. The molecule has 0 aliphatic carbocycles. The number of aromatic nitrogens is 1. The molecule has 0 atom stereocenters. The van der Waals surface area contributed by atoms with E-state index in [0.29, 0.717) is 37.4 Å². The molecule has 21 heavy (non-hydrogen) atoms. The first kappa shape index (κ1) is 13.8. The Morgan fingerprint density at radius 3 is 2.71 bits per heavy atom. The summed E-state index contributed by atoms with van der Waals surface area (Å²) in [5.41, 5.74) is 0.343. The van der Waals surface area contributed by atoms with Crippen molar-refractivity contribution in [2.24, 2.45) is 0 Å². The van der Waals surface area contributed by atoms with Crippen LogP contribution in [0.1, 0.15) is 19.8 Å². The molecule has 0 bridgehead atoms. The van der Waals surface area contributed by atoms with Gasteiger partial charge in [-0.15, -0.1) is 0 Å². The van der Waals surface area contributed by atoms with Gasteiger partial charge in [0.25, 0.3) is 11.8 Å². The lowest BCUT2D eigenvalue weighted by Gasteiger charge is -2.29. The summed E-state index contributed by atoms with van der Waals surface area (Å²) in [4.78, 5) is 30.1. The van der Waals surface area contributed by atoms with E-state index in [2.05, 4.69) is 4.98 Å². The zero-order valence-electron chi connectivity index (χ0n) is 11.7. The number of imide groups is 1. The molecule has 3 rings (SSSR count). The lowest BCUT2D eigenvalue weighted by molar-refractivity contribution is -0.143. The summed E-state index contributed by atoms with van der Waals surface area (Å²) in [7, 11) is 0. The van der Waals surface area contributed by atoms with E-state index in [1.165, 1.54) is 11.1 Å². The standard InChI is InChI=1S/C15H16N2O4/c1-10-13(21-12-3-2-6-16-9-12)15(19)17(14(10)18)11-4-7-20-8-5-11/h2-3,6,9,11H,4-5,7-8H2,1H3. The molecule has 0 radical (unpaired) electrons. The quantitative estimate of drug-likeness (QED) is 0.784. The average Bonchev–Trinajstić information content (AvgIpc) is 2.73. The summed E-state index contributed by atoms with van der Waals surface area (Å²) >= 11 is 0. The molecule has 0 spiro atoms. The van der Waals surface area contributed by atoms with Crippen molar-refractivity contribution in [1.29, 1.82) is 0 Å². The molecule has 1 fully saturated rings. The van der Waals surface area contributed by atoms with E-state index in [4.69, 9.17) is 9.47 Å². The highest BCUT2D eigenvalue weighted by atomic mass is 16.5. The smallest absolute Gasteiger partial charge is 0.297 e. The van der Waals surface area contributed by atoms with Crippen LogP contribution in [0, 0.1) is 0 Å². The highest BCUT2D eigenvalue weighted by Crippen LogP contribution is 2.28. The first-order chi connectivity index (χ1) is 10.2. The van der Waals surface area contributed by atoms with Crippen LogP contribution < -0.4 is 4.74 Å². The van der Waals surface area contributed by atoms with Gasteiger partial charge in [-0.2, -0.15) is 0 Å². The number of rotatable bonds is 3. The number of carbonyl (C=O) groups excluding carboxylic acids is 2.